The molecule has 0 amide bonds. The van der Waals surface area contributed by atoms with Crippen molar-refractivity contribution >= 4 is 0 Å². The van der Waals surface area contributed by atoms with Crippen molar-refractivity contribution in [3.05, 3.63) is 12.2 Å². The van der Waals surface area contributed by atoms with Crippen LogP contribution in [0.2, 0.25) is 0 Å². The Kier molecular flexibility index (Phi) is 5.28. The van der Waals surface area contributed by atoms with Crippen LogP contribution in [0.15, 0.2) is 6.33 Å². The van der Waals surface area contributed by atoms with Crippen LogP contribution >= 0.6 is 0 Å². The van der Waals surface area contributed by atoms with Gasteiger partial charge >= 0.3 is 0 Å². The topological polar surface area (TPSA) is 52.0 Å². The molecule has 0 aliphatic carbocycles. The number of hydrogen-bond acceptors (Lipinski definition) is 4. The summed E-state index contributed by atoms with van der Waals surface area (Å²) in [5, 5.41) is 7.56. The largest absolute Gasteiger partial charge is 0.384 e. The Labute approximate surface area is 90.8 Å². The van der Waals surface area contributed by atoms with Crippen LogP contribution in [0.25, 0.3) is 0 Å². The standard InChI is InChI=1S/C10H20N4O/c1-9(7-15-3)6-11-5-4-10-12-8-14(2)13-10/h8-9,11H,4-7H2,1-3H3. The first kappa shape index (κ1) is 12.1. The third kappa shape index (κ3) is 4.90. The zero-order valence-electron chi connectivity index (χ0n) is 9.73. The predicted octanol–water partition coefficient (Wildman–Crippen LogP) is 0.230. The number of rotatable bonds is 7. The van der Waals surface area contributed by atoms with Crippen molar-refractivity contribution in [1.82, 2.24) is 20.1 Å². The minimum atomic E-state index is 0.548. The highest BCUT2D eigenvalue weighted by Crippen LogP contribution is 1.93. The predicted molar refractivity (Wildman–Crippen MR) is 58.6 cm³/mol. The lowest BCUT2D eigenvalue weighted by Crippen LogP contribution is -2.26. The minimum Gasteiger partial charge on any atom is -0.384 e. The Balaban J connectivity index is 2.06. The fourth-order valence-electron chi connectivity index (χ4n) is 1.39. The average molecular weight is 212 g/mol. The van der Waals surface area contributed by atoms with Crippen molar-refractivity contribution in [1.29, 1.82) is 0 Å². The summed E-state index contributed by atoms with van der Waals surface area (Å²) in [6, 6.07) is 0. The van der Waals surface area contributed by atoms with Crippen molar-refractivity contribution in [3.63, 3.8) is 0 Å². The van der Waals surface area contributed by atoms with Crippen molar-refractivity contribution in [2.24, 2.45) is 13.0 Å². The van der Waals surface area contributed by atoms with E-state index in [1.54, 1.807) is 18.1 Å². The summed E-state index contributed by atoms with van der Waals surface area (Å²) < 4.78 is 6.78. The van der Waals surface area contributed by atoms with E-state index >= 15 is 0 Å². The number of aryl methyl sites for hydroxylation is 1. The Morgan fingerprint density at radius 3 is 3.00 bits per heavy atom. The molecule has 0 spiro atoms. The van der Waals surface area contributed by atoms with Gasteiger partial charge in [-0.25, -0.2) is 4.98 Å². The van der Waals surface area contributed by atoms with Crippen molar-refractivity contribution < 1.29 is 4.74 Å². The quantitative estimate of drug-likeness (QED) is 0.657. The Bertz CT molecular complexity index is 274. The zero-order chi connectivity index (χ0) is 11.1. The first-order chi connectivity index (χ1) is 7.22. The highest BCUT2D eigenvalue weighted by Gasteiger charge is 2.01. The molecular weight excluding hydrogens is 192 g/mol. The number of hydrogen-bond donors (Lipinski definition) is 1. The second kappa shape index (κ2) is 6.53. The van der Waals surface area contributed by atoms with Gasteiger partial charge in [0.05, 0.1) is 0 Å². The monoisotopic (exact) mass is 212 g/mol. The van der Waals surface area contributed by atoms with E-state index in [-0.39, 0.29) is 0 Å². The van der Waals surface area contributed by atoms with Gasteiger partial charge in [0.1, 0.15) is 6.33 Å². The molecule has 1 rings (SSSR count). The fraction of sp³-hybridized carbons (Fsp3) is 0.800. The molecule has 1 atom stereocenters. The molecule has 0 fully saturated rings. The first-order valence-corrected chi connectivity index (χ1v) is 5.26. The molecule has 0 radical (unpaired) electrons. The molecule has 0 aliphatic rings. The summed E-state index contributed by atoms with van der Waals surface area (Å²) in [5.74, 6) is 1.44. The normalized spacial score (nSPS) is 13.0. The van der Waals surface area contributed by atoms with Gasteiger partial charge < -0.3 is 10.1 Å². The molecule has 0 aliphatic heterocycles. The van der Waals surface area contributed by atoms with Crippen LogP contribution < -0.4 is 5.32 Å². The third-order valence-electron chi connectivity index (χ3n) is 2.12. The van der Waals surface area contributed by atoms with Gasteiger partial charge in [0.15, 0.2) is 5.82 Å². The Morgan fingerprint density at radius 1 is 1.60 bits per heavy atom. The van der Waals surface area contributed by atoms with E-state index in [0.29, 0.717) is 5.92 Å². The van der Waals surface area contributed by atoms with Gasteiger partial charge in [0.2, 0.25) is 0 Å². The molecule has 5 heteroatoms. The summed E-state index contributed by atoms with van der Waals surface area (Å²) in [7, 11) is 3.61. The molecule has 0 saturated heterocycles. The first-order valence-electron chi connectivity index (χ1n) is 5.26. The molecule has 0 saturated carbocycles. The molecule has 1 heterocycles. The van der Waals surface area contributed by atoms with E-state index in [1.165, 1.54) is 0 Å². The van der Waals surface area contributed by atoms with Gasteiger partial charge in [0, 0.05) is 33.7 Å². The van der Waals surface area contributed by atoms with Gasteiger partial charge in [0.25, 0.3) is 0 Å². The summed E-state index contributed by atoms with van der Waals surface area (Å²) in [6.07, 6.45) is 2.60. The Hall–Kier alpha value is -0.940. The molecule has 5 nitrogen and oxygen atoms in total. The molecule has 1 N–H and O–H groups in total. The van der Waals surface area contributed by atoms with E-state index in [9.17, 15) is 0 Å². The van der Waals surface area contributed by atoms with Crippen LogP contribution in [-0.4, -0.2) is 41.6 Å². The highest BCUT2D eigenvalue weighted by molar-refractivity contribution is 4.81. The number of nitrogens with one attached hydrogen (secondary N) is 1. The van der Waals surface area contributed by atoms with Gasteiger partial charge in [-0.3, -0.25) is 4.68 Å². The van der Waals surface area contributed by atoms with E-state index in [1.807, 2.05) is 7.05 Å². The van der Waals surface area contributed by atoms with E-state index < -0.39 is 0 Å². The number of aromatic nitrogens is 3. The molecule has 86 valence electrons. The van der Waals surface area contributed by atoms with E-state index in [4.69, 9.17) is 4.74 Å². The van der Waals surface area contributed by atoms with Crippen LogP contribution in [-0.2, 0) is 18.2 Å². The lowest BCUT2D eigenvalue weighted by atomic mass is 10.2. The second-order valence-electron chi connectivity index (χ2n) is 3.85. The van der Waals surface area contributed by atoms with Crippen LogP contribution in [0.1, 0.15) is 12.7 Å². The second-order valence-corrected chi connectivity index (χ2v) is 3.85. The van der Waals surface area contributed by atoms with Crippen molar-refractivity contribution in [2.75, 3.05) is 26.8 Å². The molecule has 0 aromatic carbocycles. The molecule has 1 unspecified atom stereocenters. The van der Waals surface area contributed by atoms with Gasteiger partial charge in [-0.1, -0.05) is 6.92 Å². The van der Waals surface area contributed by atoms with Crippen LogP contribution in [0.3, 0.4) is 0 Å². The lowest BCUT2D eigenvalue weighted by Gasteiger charge is -2.10. The average Bonchev–Trinajstić information content (AvgIpc) is 2.60. The lowest BCUT2D eigenvalue weighted by molar-refractivity contribution is 0.158. The van der Waals surface area contributed by atoms with Crippen LogP contribution in [0.5, 0.6) is 0 Å². The Morgan fingerprint density at radius 2 is 2.40 bits per heavy atom. The number of ether oxygens (including phenoxy) is 1. The maximum atomic E-state index is 5.05. The van der Waals surface area contributed by atoms with Crippen molar-refractivity contribution in [3.8, 4) is 0 Å². The highest BCUT2D eigenvalue weighted by atomic mass is 16.5. The van der Waals surface area contributed by atoms with Crippen molar-refractivity contribution in [2.45, 2.75) is 13.3 Å². The molecular formula is C10H20N4O. The SMILES string of the molecule is COCC(C)CNCCc1ncn(C)n1. The zero-order valence-corrected chi connectivity index (χ0v) is 9.73. The smallest absolute Gasteiger partial charge is 0.151 e. The summed E-state index contributed by atoms with van der Waals surface area (Å²) in [6.45, 7) is 4.85. The third-order valence-corrected chi connectivity index (χ3v) is 2.12. The molecule has 15 heavy (non-hydrogen) atoms. The van der Waals surface area contributed by atoms with E-state index in [0.717, 1.165) is 31.9 Å². The van der Waals surface area contributed by atoms with E-state index in [2.05, 4.69) is 22.3 Å². The molecule has 1 aromatic rings. The molecule has 0 bridgehead atoms. The van der Waals surface area contributed by atoms with Crippen LogP contribution in [0.4, 0.5) is 0 Å². The van der Waals surface area contributed by atoms with Gasteiger partial charge in [-0.05, 0) is 12.5 Å². The number of methoxy groups -OCH3 is 1. The summed E-state index contributed by atoms with van der Waals surface area (Å²) in [5.41, 5.74) is 0. The molecule has 1 aromatic heterocycles. The van der Waals surface area contributed by atoms with Crippen LogP contribution in [0, 0.1) is 5.92 Å². The van der Waals surface area contributed by atoms with Gasteiger partial charge in [-0.2, -0.15) is 5.10 Å². The minimum absolute atomic E-state index is 0.548. The summed E-state index contributed by atoms with van der Waals surface area (Å²) >= 11 is 0. The summed E-state index contributed by atoms with van der Waals surface area (Å²) in [4.78, 5) is 4.16. The van der Waals surface area contributed by atoms with Gasteiger partial charge in [-0.15, -0.1) is 0 Å². The number of nitrogens with zero attached hydrogens (tertiary/aromatic N) is 3. The fourth-order valence-corrected chi connectivity index (χ4v) is 1.39. The maximum Gasteiger partial charge on any atom is 0.151 e. The maximum absolute atomic E-state index is 5.05.